The molecule has 0 saturated carbocycles. The largest absolute Gasteiger partial charge is 0.368 e. The van der Waals surface area contributed by atoms with Crippen LogP contribution in [0.25, 0.3) is 11.3 Å². The van der Waals surface area contributed by atoms with Crippen LogP contribution in [0.15, 0.2) is 33.5 Å². The number of aryl methyl sites for hydroxylation is 1. The smallest absolute Gasteiger partial charge is 0.310 e. The number of aromatic nitrogens is 2. The van der Waals surface area contributed by atoms with E-state index in [0.717, 1.165) is 4.47 Å². The van der Waals surface area contributed by atoms with Gasteiger partial charge in [-0.3, -0.25) is 9.36 Å². The van der Waals surface area contributed by atoms with Crippen LogP contribution in [0, 0.1) is 6.92 Å². The molecule has 0 bridgehead atoms. The number of nitrogens with zero attached hydrogens (tertiary/aromatic N) is 1. The van der Waals surface area contributed by atoms with Crippen LogP contribution in [0.5, 0.6) is 0 Å². The number of hydrogen-bond acceptors (Lipinski definition) is 5. The molecule has 112 valence electrons. The Morgan fingerprint density at radius 3 is 2.29 bits per heavy atom. The van der Waals surface area contributed by atoms with Crippen molar-refractivity contribution < 1.29 is 13.6 Å². The second-order valence-electron chi connectivity index (χ2n) is 4.22. The van der Waals surface area contributed by atoms with Gasteiger partial charge in [0.05, 0.1) is 5.69 Å². The summed E-state index contributed by atoms with van der Waals surface area (Å²) in [6, 6.07) is 7.15. The first kappa shape index (κ1) is 16.1. The zero-order valence-corrected chi connectivity index (χ0v) is 14.2. The third-order valence-electron chi connectivity index (χ3n) is 2.89. The molecule has 0 atom stereocenters. The first-order valence-corrected chi connectivity index (χ1v) is 8.34. The van der Waals surface area contributed by atoms with Crippen LogP contribution in [0.1, 0.15) is 5.82 Å². The molecule has 8 heteroatoms. The molecule has 0 aliphatic rings. The molecule has 6 nitrogen and oxygen atoms in total. The molecule has 1 heterocycles. The van der Waals surface area contributed by atoms with Crippen molar-refractivity contribution in [2.75, 3.05) is 14.2 Å². The van der Waals surface area contributed by atoms with E-state index in [1.165, 1.54) is 14.2 Å². The maximum atomic E-state index is 12.6. The summed E-state index contributed by atoms with van der Waals surface area (Å²) in [5, 5.41) is -0.0968. The quantitative estimate of drug-likeness (QED) is 0.834. The van der Waals surface area contributed by atoms with Gasteiger partial charge < -0.3 is 14.0 Å². The van der Waals surface area contributed by atoms with Crippen LogP contribution in [-0.4, -0.2) is 24.2 Å². The molecule has 1 aromatic carbocycles. The monoisotopic (exact) mass is 372 g/mol. The van der Waals surface area contributed by atoms with Gasteiger partial charge in [0.2, 0.25) is 0 Å². The van der Waals surface area contributed by atoms with Gasteiger partial charge in [-0.05, 0) is 19.1 Å². The Morgan fingerprint density at radius 1 is 1.19 bits per heavy atom. The highest BCUT2D eigenvalue weighted by Crippen LogP contribution is 2.46. The highest BCUT2D eigenvalue weighted by Gasteiger charge is 2.33. The average Bonchev–Trinajstić information content (AvgIpc) is 2.46. The van der Waals surface area contributed by atoms with Crippen LogP contribution in [0.2, 0.25) is 0 Å². The number of rotatable bonds is 4. The molecule has 0 spiro atoms. The van der Waals surface area contributed by atoms with Crippen molar-refractivity contribution in [1.29, 1.82) is 0 Å². The van der Waals surface area contributed by atoms with Crippen molar-refractivity contribution in [3.8, 4) is 11.3 Å². The van der Waals surface area contributed by atoms with E-state index in [0.29, 0.717) is 11.4 Å². The number of benzene rings is 1. The third-order valence-corrected chi connectivity index (χ3v) is 5.34. The van der Waals surface area contributed by atoms with Crippen molar-refractivity contribution in [2.24, 2.45) is 0 Å². The minimum atomic E-state index is -3.72. The van der Waals surface area contributed by atoms with Crippen LogP contribution < -0.4 is 10.9 Å². The minimum absolute atomic E-state index is 0.0968. The lowest BCUT2D eigenvalue weighted by Gasteiger charge is -2.16. The Morgan fingerprint density at radius 2 is 1.76 bits per heavy atom. The van der Waals surface area contributed by atoms with Crippen molar-refractivity contribution >= 4 is 28.8 Å². The maximum absolute atomic E-state index is 12.6. The molecule has 21 heavy (non-hydrogen) atoms. The molecule has 1 aromatic heterocycles. The fraction of sp³-hybridized carbons (Fsp3) is 0.231. The van der Waals surface area contributed by atoms with Gasteiger partial charge in [-0.2, -0.15) is 0 Å². The molecule has 0 unspecified atom stereocenters. The number of nitrogens with one attached hydrogen (secondary N) is 1. The van der Waals surface area contributed by atoms with E-state index in [9.17, 15) is 9.36 Å². The molecule has 2 rings (SSSR count). The lowest BCUT2D eigenvalue weighted by atomic mass is 10.1. The fourth-order valence-corrected chi connectivity index (χ4v) is 3.42. The Bertz CT molecular complexity index is 750. The fourth-order valence-electron chi connectivity index (χ4n) is 1.90. The van der Waals surface area contributed by atoms with E-state index in [2.05, 4.69) is 25.9 Å². The van der Waals surface area contributed by atoms with Gasteiger partial charge in [-0.15, -0.1) is 0 Å². The van der Waals surface area contributed by atoms with E-state index < -0.39 is 13.2 Å². The summed E-state index contributed by atoms with van der Waals surface area (Å²) in [7, 11) is -1.26. The number of hydrogen-bond donors (Lipinski definition) is 1. The minimum Gasteiger partial charge on any atom is -0.310 e. The molecular weight excluding hydrogens is 359 g/mol. The van der Waals surface area contributed by atoms with Gasteiger partial charge in [-0.25, -0.2) is 4.98 Å². The van der Waals surface area contributed by atoms with Crippen molar-refractivity contribution in [3.63, 3.8) is 0 Å². The normalized spacial score (nSPS) is 11.6. The predicted octanol–water partition coefficient (Wildman–Crippen LogP) is 2.62. The topological polar surface area (TPSA) is 81.3 Å². The molecule has 0 saturated heterocycles. The lowest BCUT2D eigenvalue weighted by molar-refractivity contribution is 0.287. The Labute approximate surface area is 130 Å². The molecular formula is C13H14BrN2O4P. The molecule has 0 fully saturated rings. The molecule has 1 N–H and O–H groups in total. The highest BCUT2D eigenvalue weighted by molar-refractivity contribution is 9.10. The summed E-state index contributed by atoms with van der Waals surface area (Å²) in [5.41, 5.74) is 0.403. The van der Waals surface area contributed by atoms with Crippen LogP contribution in [-0.2, 0) is 13.6 Å². The number of halogens is 1. The summed E-state index contributed by atoms with van der Waals surface area (Å²) in [6.45, 7) is 1.65. The Hall–Kier alpha value is -1.27. The lowest BCUT2D eigenvalue weighted by Crippen LogP contribution is -2.32. The van der Waals surface area contributed by atoms with Gasteiger partial charge in [0.15, 0.2) is 5.30 Å². The summed E-state index contributed by atoms with van der Waals surface area (Å²) >= 11 is 3.34. The van der Waals surface area contributed by atoms with E-state index in [-0.39, 0.29) is 11.0 Å². The second kappa shape index (κ2) is 6.23. The van der Waals surface area contributed by atoms with Gasteiger partial charge in [0.25, 0.3) is 5.56 Å². The van der Waals surface area contributed by atoms with Crippen molar-refractivity contribution in [3.05, 3.63) is 44.9 Å². The average molecular weight is 373 g/mol. The molecule has 0 aliphatic carbocycles. The standard InChI is InChI=1S/C13H14BrN2O4P/c1-8-15-11(9-4-6-10(14)7-5-9)12(13(17)16-8)21(18,19-2)20-3/h4-7H,1-3H3,(H,15,16,17). The van der Waals surface area contributed by atoms with E-state index in [4.69, 9.17) is 9.05 Å². The number of aromatic amines is 1. The Kier molecular flexibility index (Phi) is 4.78. The predicted molar refractivity (Wildman–Crippen MR) is 84.0 cm³/mol. The van der Waals surface area contributed by atoms with Gasteiger partial charge >= 0.3 is 7.60 Å². The zero-order valence-electron chi connectivity index (χ0n) is 11.7. The SMILES string of the molecule is COP(=O)(OC)c1c(-c2ccc(Br)cc2)nc(C)[nH]c1=O. The maximum Gasteiger partial charge on any atom is 0.368 e. The van der Waals surface area contributed by atoms with Crippen molar-refractivity contribution in [1.82, 2.24) is 9.97 Å². The van der Waals surface area contributed by atoms with E-state index in [1.807, 2.05) is 12.1 Å². The summed E-state index contributed by atoms with van der Waals surface area (Å²) < 4.78 is 23.4. The van der Waals surface area contributed by atoms with Gasteiger partial charge in [-0.1, -0.05) is 28.1 Å². The van der Waals surface area contributed by atoms with Gasteiger partial charge in [0.1, 0.15) is 5.82 Å². The molecule has 0 radical (unpaired) electrons. The van der Waals surface area contributed by atoms with Crippen LogP contribution in [0.4, 0.5) is 0 Å². The molecule has 0 aliphatic heterocycles. The van der Waals surface area contributed by atoms with Gasteiger partial charge in [0, 0.05) is 24.3 Å². The first-order chi connectivity index (χ1) is 9.91. The Balaban J connectivity index is 2.79. The second-order valence-corrected chi connectivity index (χ2v) is 7.31. The highest BCUT2D eigenvalue weighted by atomic mass is 79.9. The molecule has 2 aromatic rings. The zero-order chi connectivity index (χ0) is 15.6. The van der Waals surface area contributed by atoms with E-state index >= 15 is 0 Å². The summed E-state index contributed by atoms with van der Waals surface area (Å²) in [6.07, 6.45) is 0. The van der Waals surface area contributed by atoms with Crippen LogP contribution >= 0.6 is 23.5 Å². The third kappa shape index (κ3) is 3.16. The number of H-pyrrole nitrogens is 1. The first-order valence-electron chi connectivity index (χ1n) is 6.00. The van der Waals surface area contributed by atoms with Crippen LogP contribution in [0.3, 0.4) is 0 Å². The van der Waals surface area contributed by atoms with Crippen molar-refractivity contribution in [2.45, 2.75) is 6.92 Å². The molecule has 0 amide bonds. The summed E-state index contributed by atoms with van der Waals surface area (Å²) in [5.74, 6) is 0.417. The summed E-state index contributed by atoms with van der Waals surface area (Å²) in [4.78, 5) is 19.0. The van der Waals surface area contributed by atoms with E-state index in [1.54, 1.807) is 19.1 Å².